The third-order valence-electron chi connectivity index (χ3n) is 4.74. The van der Waals surface area contributed by atoms with Crippen LogP contribution in [0.25, 0.3) is 21.9 Å². The number of nitrogens with zero attached hydrogens (tertiary/aromatic N) is 4. The van der Waals surface area contributed by atoms with Crippen molar-refractivity contribution in [1.29, 1.82) is 0 Å². The normalized spacial score (nSPS) is 19.7. The van der Waals surface area contributed by atoms with Gasteiger partial charge in [0.2, 0.25) is 10.0 Å². The minimum atomic E-state index is -4.76. The van der Waals surface area contributed by atoms with Gasteiger partial charge in [-0.05, 0) is 18.9 Å². The summed E-state index contributed by atoms with van der Waals surface area (Å²) in [5, 5.41) is 1.56. The van der Waals surface area contributed by atoms with Gasteiger partial charge in [-0.2, -0.15) is 13.2 Å². The molecule has 0 bridgehead atoms. The van der Waals surface area contributed by atoms with Gasteiger partial charge in [0.05, 0.1) is 18.0 Å². The first-order chi connectivity index (χ1) is 12.7. The monoisotopic (exact) mass is 399 g/mol. The van der Waals surface area contributed by atoms with Crippen molar-refractivity contribution in [2.75, 3.05) is 18.8 Å². The van der Waals surface area contributed by atoms with Gasteiger partial charge in [0, 0.05) is 41.7 Å². The van der Waals surface area contributed by atoms with E-state index < -0.39 is 22.0 Å². The highest BCUT2D eigenvalue weighted by atomic mass is 32.2. The van der Waals surface area contributed by atoms with Gasteiger partial charge in [-0.15, -0.1) is 0 Å². The van der Waals surface area contributed by atoms with Crippen molar-refractivity contribution < 1.29 is 21.6 Å². The fraction of sp³-hybridized carbons (Fsp3) is 0.438. The molecular formula is C16H16F3N5O2S. The summed E-state index contributed by atoms with van der Waals surface area (Å²) < 4.78 is 63.2. The molecule has 1 atom stereocenters. The third-order valence-corrected chi connectivity index (χ3v) is 6.55. The third kappa shape index (κ3) is 3.48. The molecule has 1 aliphatic rings. The van der Waals surface area contributed by atoms with Crippen molar-refractivity contribution in [3.05, 3.63) is 30.5 Å². The molecule has 0 aliphatic carbocycles. The number of alkyl halides is 3. The minimum Gasteiger partial charge on any atom is -0.349 e. The van der Waals surface area contributed by atoms with Crippen LogP contribution in [0.4, 0.5) is 13.2 Å². The van der Waals surface area contributed by atoms with E-state index in [9.17, 15) is 21.6 Å². The van der Waals surface area contributed by atoms with E-state index in [-0.39, 0.29) is 19.0 Å². The van der Waals surface area contributed by atoms with Crippen molar-refractivity contribution in [2.24, 2.45) is 0 Å². The number of aromatic amines is 1. The molecule has 3 aromatic rings. The summed E-state index contributed by atoms with van der Waals surface area (Å²) in [5.74, 6) is -2.11. The molecule has 4 rings (SSSR count). The van der Waals surface area contributed by atoms with Gasteiger partial charge in [0.25, 0.3) is 0 Å². The Balaban J connectivity index is 1.73. The van der Waals surface area contributed by atoms with E-state index in [1.165, 1.54) is 6.33 Å². The van der Waals surface area contributed by atoms with Gasteiger partial charge in [-0.25, -0.2) is 27.7 Å². The lowest BCUT2D eigenvalue weighted by molar-refractivity contribution is -0.107. The van der Waals surface area contributed by atoms with Gasteiger partial charge < -0.3 is 4.98 Å². The number of hydrogen-bond donors (Lipinski definition) is 1. The fourth-order valence-corrected chi connectivity index (χ4v) is 5.04. The molecule has 0 saturated carbocycles. The van der Waals surface area contributed by atoms with Crippen LogP contribution in [0.2, 0.25) is 0 Å². The Morgan fingerprint density at radius 3 is 2.85 bits per heavy atom. The zero-order chi connectivity index (χ0) is 19.2. The highest BCUT2D eigenvalue weighted by Gasteiger charge is 2.40. The molecule has 0 radical (unpaired) electrons. The maximum absolute atomic E-state index is 12.6. The number of aromatic nitrogens is 4. The van der Waals surface area contributed by atoms with E-state index in [2.05, 4.69) is 19.9 Å². The number of fused-ring (bicyclic) bond motifs is 3. The Hall–Kier alpha value is -2.27. The molecule has 7 nitrogen and oxygen atoms in total. The number of rotatable bonds is 3. The number of halogens is 3. The van der Waals surface area contributed by atoms with Gasteiger partial charge in [0.15, 0.2) is 11.4 Å². The molecule has 144 valence electrons. The number of sulfonamides is 1. The lowest BCUT2D eigenvalue weighted by atomic mass is 9.93. The predicted octanol–water partition coefficient (Wildman–Crippen LogP) is 2.58. The predicted molar refractivity (Wildman–Crippen MR) is 92.6 cm³/mol. The molecule has 1 unspecified atom stereocenters. The SMILES string of the molecule is O=S(=O)(CC(F)(F)F)N1CCCC(c2[nH]cnc3cnc4nccc4c23)C1. The Kier molecular flexibility index (Phi) is 4.30. The summed E-state index contributed by atoms with van der Waals surface area (Å²) in [4.78, 5) is 15.7. The van der Waals surface area contributed by atoms with Gasteiger partial charge in [0.1, 0.15) is 0 Å². The van der Waals surface area contributed by atoms with Crippen molar-refractivity contribution >= 4 is 32.0 Å². The molecule has 0 aromatic carbocycles. The van der Waals surface area contributed by atoms with Crippen LogP contribution in [0.1, 0.15) is 24.5 Å². The largest absolute Gasteiger partial charge is 0.404 e. The minimum absolute atomic E-state index is 0.00796. The van der Waals surface area contributed by atoms with E-state index in [1.807, 2.05) is 0 Å². The quantitative estimate of drug-likeness (QED) is 0.731. The van der Waals surface area contributed by atoms with E-state index >= 15 is 0 Å². The Labute approximate surface area is 152 Å². The van der Waals surface area contributed by atoms with Crippen molar-refractivity contribution in [3.63, 3.8) is 0 Å². The summed E-state index contributed by atoms with van der Waals surface area (Å²) in [6.07, 6.45) is 1.07. The molecule has 11 heteroatoms. The number of H-pyrrole nitrogens is 1. The summed E-state index contributed by atoms with van der Waals surface area (Å²) >= 11 is 0. The zero-order valence-electron chi connectivity index (χ0n) is 14.1. The van der Waals surface area contributed by atoms with Crippen molar-refractivity contribution in [3.8, 4) is 0 Å². The molecule has 0 spiro atoms. The first-order valence-electron chi connectivity index (χ1n) is 8.36. The maximum Gasteiger partial charge on any atom is 0.404 e. The molecule has 1 fully saturated rings. The van der Waals surface area contributed by atoms with E-state index in [0.29, 0.717) is 24.0 Å². The van der Waals surface area contributed by atoms with E-state index in [1.54, 1.807) is 18.5 Å². The van der Waals surface area contributed by atoms with Crippen LogP contribution in [0.15, 0.2) is 24.8 Å². The molecule has 1 saturated heterocycles. The van der Waals surface area contributed by atoms with Gasteiger partial charge in [-0.1, -0.05) is 0 Å². The fourth-order valence-electron chi connectivity index (χ4n) is 3.62. The van der Waals surface area contributed by atoms with Crippen LogP contribution in [0.5, 0.6) is 0 Å². The number of nitrogens with one attached hydrogen (secondary N) is 1. The maximum atomic E-state index is 12.6. The Morgan fingerprint density at radius 1 is 1.26 bits per heavy atom. The second kappa shape index (κ2) is 6.41. The summed E-state index contributed by atoms with van der Waals surface area (Å²) in [5.41, 5.74) is 1.91. The van der Waals surface area contributed by atoms with Crippen LogP contribution < -0.4 is 0 Å². The topological polar surface area (TPSA) is 91.8 Å². The van der Waals surface area contributed by atoms with E-state index in [4.69, 9.17) is 0 Å². The molecule has 3 aromatic heterocycles. The van der Waals surface area contributed by atoms with Crippen LogP contribution in [0.3, 0.4) is 0 Å². The summed E-state index contributed by atoms with van der Waals surface area (Å²) in [6, 6.07) is 1.80. The first kappa shape index (κ1) is 18.1. The Bertz CT molecular complexity index is 1100. The lowest BCUT2D eigenvalue weighted by Gasteiger charge is -2.32. The number of pyridine rings is 1. The second-order valence-corrected chi connectivity index (χ2v) is 8.55. The Morgan fingerprint density at radius 2 is 2.07 bits per heavy atom. The molecule has 1 aliphatic heterocycles. The van der Waals surface area contributed by atoms with Crippen molar-refractivity contribution in [1.82, 2.24) is 24.2 Å². The number of piperidine rings is 1. The van der Waals surface area contributed by atoms with Crippen LogP contribution in [-0.4, -0.2) is 57.7 Å². The van der Waals surface area contributed by atoms with Crippen molar-refractivity contribution in [2.45, 2.75) is 24.9 Å². The van der Waals surface area contributed by atoms with Gasteiger partial charge in [-0.3, -0.25) is 0 Å². The first-order valence-corrected chi connectivity index (χ1v) is 9.97. The van der Waals surface area contributed by atoms with Crippen LogP contribution in [-0.2, 0) is 10.0 Å². The average molecular weight is 399 g/mol. The highest BCUT2D eigenvalue weighted by molar-refractivity contribution is 7.89. The molecular weight excluding hydrogens is 383 g/mol. The zero-order valence-corrected chi connectivity index (χ0v) is 14.9. The van der Waals surface area contributed by atoms with E-state index in [0.717, 1.165) is 20.8 Å². The number of hydrogen-bond acceptors (Lipinski definition) is 5. The molecule has 0 amide bonds. The standard InChI is InChI=1S/C16H16F3N5O2S/c17-16(18,19)8-27(25,26)24-5-1-2-10(7-24)14-13-11-3-4-20-15(11)21-6-12(13)22-9-23-14/h3-4,6,9-10H,1-2,5,7-8H2,(H,22,23). The average Bonchev–Trinajstić information content (AvgIpc) is 3.08. The lowest BCUT2D eigenvalue weighted by Crippen LogP contribution is -2.43. The highest BCUT2D eigenvalue weighted by Crippen LogP contribution is 2.34. The smallest absolute Gasteiger partial charge is 0.349 e. The second-order valence-electron chi connectivity index (χ2n) is 6.59. The summed E-state index contributed by atoms with van der Waals surface area (Å²) in [7, 11) is -4.41. The van der Waals surface area contributed by atoms with Gasteiger partial charge >= 0.3 is 6.18 Å². The molecule has 4 heterocycles. The van der Waals surface area contributed by atoms with Crippen LogP contribution in [0, 0.1) is 0 Å². The molecule has 1 N–H and O–H groups in total. The molecule has 27 heavy (non-hydrogen) atoms. The van der Waals surface area contributed by atoms with Crippen LogP contribution >= 0.6 is 0 Å². The summed E-state index contributed by atoms with van der Waals surface area (Å²) in [6.45, 7) is 0.0822.